The number of halogens is 1. The zero-order valence-corrected chi connectivity index (χ0v) is 14.9. The summed E-state index contributed by atoms with van der Waals surface area (Å²) < 4.78 is 5.54. The molecular formula is C21H16ClN3O. The zero-order chi connectivity index (χ0) is 17.9. The summed E-state index contributed by atoms with van der Waals surface area (Å²) in [6, 6.07) is 19.5. The summed E-state index contributed by atoms with van der Waals surface area (Å²) in [5, 5.41) is 8.49. The molecule has 0 fully saturated rings. The molecular weight excluding hydrogens is 346 g/mol. The van der Waals surface area contributed by atoms with Gasteiger partial charge in [-0.25, -0.2) is 0 Å². The van der Waals surface area contributed by atoms with Crippen molar-refractivity contribution in [1.29, 1.82) is 0 Å². The first-order valence-corrected chi connectivity index (χ1v) is 8.54. The fourth-order valence-corrected chi connectivity index (χ4v) is 3.13. The van der Waals surface area contributed by atoms with E-state index in [9.17, 15) is 0 Å². The van der Waals surface area contributed by atoms with Gasteiger partial charge in [0.2, 0.25) is 0 Å². The number of aromatic nitrogens is 3. The zero-order valence-electron chi connectivity index (χ0n) is 14.1. The maximum Gasteiger partial charge on any atom is 0.128 e. The Morgan fingerprint density at radius 2 is 1.62 bits per heavy atom. The molecule has 4 aromatic rings. The molecule has 4 nitrogen and oxygen atoms in total. The van der Waals surface area contributed by atoms with E-state index >= 15 is 0 Å². The third kappa shape index (κ3) is 2.95. The number of benzene rings is 2. The molecule has 0 bridgehead atoms. The average molecular weight is 362 g/mol. The molecule has 0 amide bonds. The SMILES string of the molecule is COc1ccccc1-c1[nH]nc(-c2ccc(Cl)cc2)c1-c1ccncc1. The lowest BCUT2D eigenvalue weighted by molar-refractivity contribution is 0.416. The van der Waals surface area contributed by atoms with Crippen LogP contribution in [-0.2, 0) is 0 Å². The molecule has 5 heteroatoms. The lowest BCUT2D eigenvalue weighted by Crippen LogP contribution is -1.90. The topological polar surface area (TPSA) is 50.8 Å². The Hall–Kier alpha value is -3.11. The van der Waals surface area contributed by atoms with Crippen LogP contribution < -0.4 is 4.74 Å². The van der Waals surface area contributed by atoms with E-state index in [1.807, 2.05) is 60.7 Å². The minimum absolute atomic E-state index is 0.694. The van der Waals surface area contributed by atoms with Gasteiger partial charge in [-0.1, -0.05) is 35.9 Å². The summed E-state index contributed by atoms with van der Waals surface area (Å²) in [7, 11) is 1.67. The molecule has 26 heavy (non-hydrogen) atoms. The lowest BCUT2D eigenvalue weighted by Gasteiger charge is -2.10. The number of para-hydroxylation sites is 1. The molecule has 0 aliphatic rings. The van der Waals surface area contributed by atoms with Crippen molar-refractivity contribution in [2.75, 3.05) is 7.11 Å². The van der Waals surface area contributed by atoms with Gasteiger partial charge in [-0.05, 0) is 42.0 Å². The first-order chi connectivity index (χ1) is 12.8. The number of nitrogens with zero attached hydrogens (tertiary/aromatic N) is 2. The number of nitrogens with one attached hydrogen (secondary N) is 1. The van der Waals surface area contributed by atoms with Gasteiger partial charge >= 0.3 is 0 Å². The molecule has 128 valence electrons. The molecule has 4 rings (SSSR count). The first-order valence-electron chi connectivity index (χ1n) is 8.16. The van der Waals surface area contributed by atoms with Crippen molar-refractivity contribution >= 4 is 11.6 Å². The van der Waals surface area contributed by atoms with Gasteiger partial charge in [0, 0.05) is 34.1 Å². The highest BCUT2D eigenvalue weighted by Gasteiger charge is 2.20. The Morgan fingerprint density at radius 3 is 2.35 bits per heavy atom. The molecule has 0 aliphatic carbocycles. The molecule has 0 saturated heterocycles. The molecule has 0 unspecified atom stereocenters. The first kappa shape index (κ1) is 16.4. The normalized spacial score (nSPS) is 10.7. The Kier molecular flexibility index (Phi) is 4.42. The predicted octanol–water partition coefficient (Wildman–Crippen LogP) is 5.47. The molecule has 2 aromatic carbocycles. The van der Waals surface area contributed by atoms with E-state index in [0.717, 1.165) is 39.4 Å². The van der Waals surface area contributed by atoms with Crippen LogP contribution in [0.4, 0.5) is 0 Å². The number of ether oxygens (including phenoxy) is 1. The van der Waals surface area contributed by atoms with Gasteiger partial charge in [-0.3, -0.25) is 10.1 Å². The molecule has 2 aromatic heterocycles. The van der Waals surface area contributed by atoms with Crippen LogP contribution in [0.5, 0.6) is 5.75 Å². The van der Waals surface area contributed by atoms with Crippen LogP contribution >= 0.6 is 11.6 Å². The third-order valence-electron chi connectivity index (χ3n) is 4.23. The van der Waals surface area contributed by atoms with Crippen LogP contribution in [0.15, 0.2) is 73.1 Å². The van der Waals surface area contributed by atoms with Crippen molar-refractivity contribution in [2.24, 2.45) is 0 Å². The monoisotopic (exact) mass is 361 g/mol. The molecule has 0 atom stereocenters. The molecule has 0 spiro atoms. The Labute approximate surface area is 156 Å². The van der Waals surface area contributed by atoms with Gasteiger partial charge in [0.15, 0.2) is 0 Å². The number of pyridine rings is 1. The minimum atomic E-state index is 0.694. The summed E-state index contributed by atoms with van der Waals surface area (Å²) in [5.74, 6) is 0.786. The van der Waals surface area contributed by atoms with Crippen LogP contribution in [0, 0.1) is 0 Å². The summed E-state index contributed by atoms with van der Waals surface area (Å²) in [6.07, 6.45) is 3.56. The van der Waals surface area contributed by atoms with Gasteiger partial charge in [0.25, 0.3) is 0 Å². The highest BCUT2D eigenvalue weighted by atomic mass is 35.5. The second-order valence-electron chi connectivity index (χ2n) is 5.77. The maximum absolute atomic E-state index is 6.04. The average Bonchev–Trinajstić information content (AvgIpc) is 3.14. The highest BCUT2D eigenvalue weighted by molar-refractivity contribution is 6.30. The molecule has 1 N–H and O–H groups in total. The van der Waals surface area contributed by atoms with E-state index in [1.54, 1.807) is 19.5 Å². The van der Waals surface area contributed by atoms with Crippen LogP contribution in [0.3, 0.4) is 0 Å². The number of hydrogen-bond acceptors (Lipinski definition) is 3. The van der Waals surface area contributed by atoms with E-state index in [-0.39, 0.29) is 0 Å². The Morgan fingerprint density at radius 1 is 0.885 bits per heavy atom. The van der Waals surface area contributed by atoms with Crippen molar-refractivity contribution in [3.8, 4) is 39.4 Å². The summed E-state index contributed by atoms with van der Waals surface area (Å²) in [6.45, 7) is 0. The number of hydrogen-bond donors (Lipinski definition) is 1. The van der Waals surface area contributed by atoms with Crippen molar-refractivity contribution in [3.05, 3.63) is 78.1 Å². The minimum Gasteiger partial charge on any atom is -0.496 e. The quantitative estimate of drug-likeness (QED) is 0.524. The van der Waals surface area contributed by atoms with Gasteiger partial charge < -0.3 is 4.74 Å². The predicted molar refractivity (Wildman–Crippen MR) is 104 cm³/mol. The van der Waals surface area contributed by atoms with Crippen LogP contribution in [0.2, 0.25) is 5.02 Å². The number of rotatable bonds is 4. The van der Waals surface area contributed by atoms with Crippen molar-refractivity contribution in [2.45, 2.75) is 0 Å². The van der Waals surface area contributed by atoms with Crippen molar-refractivity contribution in [3.63, 3.8) is 0 Å². The summed E-state index contributed by atoms with van der Waals surface area (Å²) in [5.41, 5.74) is 5.72. The van der Waals surface area contributed by atoms with Crippen molar-refractivity contribution < 1.29 is 4.74 Å². The largest absolute Gasteiger partial charge is 0.496 e. The van der Waals surface area contributed by atoms with E-state index in [0.29, 0.717) is 5.02 Å². The standard InChI is InChI=1S/C21H16ClN3O/c1-26-18-5-3-2-4-17(18)21-19(14-10-12-23-13-11-14)20(24-25-21)15-6-8-16(22)9-7-15/h2-13H,1H3,(H,24,25). The van der Waals surface area contributed by atoms with Gasteiger partial charge in [-0.2, -0.15) is 5.10 Å². The number of H-pyrrole nitrogens is 1. The summed E-state index contributed by atoms with van der Waals surface area (Å²) in [4.78, 5) is 4.13. The fourth-order valence-electron chi connectivity index (χ4n) is 3.00. The Balaban J connectivity index is 1.97. The van der Waals surface area contributed by atoms with E-state index in [2.05, 4.69) is 15.2 Å². The summed E-state index contributed by atoms with van der Waals surface area (Å²) >= 11 is 6.04. The fraction of sp³-hybridized carbons (Fsp3) is 0.0476. The number of aromatic amines is 1. The van der Waals surface area contributed by atoms with Gasteiger partial charge in [-0.15, -0.1) is 0 Å². The van der Waals surface area contributed by atoms with Crippen LogP contribution in [0.1, 0.15) is 0 Å². The second-order valence-corrected chi connectivity index (χ2v) is 6.20. The van der Waals surface area contributed by atoms with Gasteiger partial charge in [0.05, 0.1) is 12.8 Å². The maximum atomic E-state index is 6.04. The highest BCUT2D eigenvalue weighted by Crippen LogP contribution is 2.41. The van der Waals surface area contributed by atoms with E-state index in [4.69, 9.17) is 16.3 Å². The van der Waals surface area contributed by atoms with E-state index in [1.165, 1.54) is 0 Å². The van der Waals surface area contributed by atoms with Crippen molar-refractivity contribution in [1.82, 2.24) is 15.2 Å². The molecule has 2 heterocycles. The second kappa shape index (κ2) is 7.02. The van der Waals surface area contributed by atoms with Gasteiger partial charge in [0.1, 0.15) is 11.4 Å². The van der Waals surface area contributed by atoms with Crippen LogP contribution in [0.25, 0.3) is 33.6 Å². The third-order valence-corrected chi connectivity index (χ3v) is 4.48. The van der Waals surface area contributed by atoms with Crippen LogP contribution in [-0.4, -0.2) is 22.3 Å². The molecule has 0 saturated carbocycles. The molecule has 0 radical (unpaired) electrons. The van der Waals surface area contributed by atoms with E-state index < -0.39 is 0 Å². The number of methoxy groups -OCH3 is 1. The molecule has 0 aliphatic heterocycles. The lowest BCUT2D eigenvalue weighted by atomic mass is 9.96. The smallest absolute Gasteiger partial charge is 0.128 e. The Bertz CT molecular complexity index is 1030.